The Morgan fingerprint density at radius 1 is 1.42 bits per heavy atom. The Hall–Kier alpha value is -1.55. The standard InChI is InChI=1S/C15H21NO3/c1-10-8-14(17)16-13(15(10,2)18)9-11-4-6-12(19-3)7-5-11/h4-7,10,13,18H,8-9H2,1-3H3,(H,16,17). The second kappa shape index (κ2) is 5.21. The number of hydrogen-bond donors (Lipinski definition) is 2. The maximum absolute atomic E-state index is 11.6. The molecule has 104 valence electrons. The minimum absolute atomic E-state index is 0.0116. The maximum atomic E-state index is 11.6. The molecule has 1 aliphatic rings. The Labute approximate surface area is 113 Å². The van der Waals surface area contributed by atoms with Crippen molar-refractivity contribution in [2.24, 2.45) is 5.92 Å². The Kier molecular flexibility index (Phi) is 3.80. The van der Waals surface area contributed by atoms with E-state index in [9.17, 15) is 9.90 Å². The minimum Gasteiger partial charge on any atom is -0.497 e. The molecule has 4 heteroatoms. The number of aliphatic hydroxyl groups is 1. The van der Waals surface area contributed by atoms with Gasteiger partial charge in [-0.05, 0) is 37.0 Å². The molecule has 1 fully saturated rings. The molecule has 0 bridgehead atoms. The smallest absolute Gasteiger partial charge is 0.220 e. The molecule has 0 aliphatic carbocycles. The van der Waals surface area contributed by atoms with Crippen molar-refractivity contribution in [3.63, 3.8) is 0 Å². The van der Waals surface area contributed by atoms with Gasteiger partial charge in [-0.25, -0.2) is 0 Å². The molecule has 0 spiro atoms. The molecule has 1 aromatic rings. The molecule has 1 saturated heterocycles. The largest absolute Gasteiger partial charge is 0.497 e. The van der Waals surface area contributed by atoms with Gasteiger partial charge in [-0.15, -0.1) is 0 Å². The van der Waals surface area contributed by atoms with Crippen LogP contribution in [0.15, 0.2) is 24.3 Å². The molecular weight excluding hydrogens is 242 g/mol. The molecule has 19 heavy (non-hydrogen) atoms. The molecule has 0 saturated carbocycles. The van der Waals surface area contributed by atoms with Crippen molar-refractivity contribution >= 4 is 5.91 Å². The van der Waals surface area contributed by atoms with Gasteiger partial charge in [0.05, 0.1) is 18.8 Å². The topological polar surface area (TPSA) is 58.6 Å². The lowest BCUT2D eigenvalue weighted by Crippen LogP contribution is -2.60. The maximum Gasteiger partial charge on any atom is 0.220 e. The predicted molar refractivity (Wildman–Crippen MR) is 73.0 cm³/mol. The van der Waals surface area contributed by atoms with E-state index in [2.05, 4.69) is 5.32 Å². The number of hydrogen-bond acceptors (Lipinski definition) is 3. The first-order valence-corrected chi connectivity index (χ1v) is 6.58. The summed E-state index contributed by atoms with van der Waals surface area (Å²) < 4.78 is 5.12. The molecule has 1 heterocycles. The summed E-state index contributed by atoms with van der Waals surface area (Å²) >= 11 is 0. The molecule has 0 radical (unpaired) electrons. The van der Waals surface area contributed by atoms with Gasteiger partial charge in [-0.1, -0.05) is 19.1 Å². The van der Waals surface area contributed by atoms with E-state index in [1.165, 1.54) is 0 Å². The normalized spacial score (nSPS) is 30.8. The summed E-state index contributed by atoms with van der Waals surface area (Å²) in [7, 11) is 1.63. The van der Waals surface area contributed by atoms with E-state index in [0.29, 0.717) is 12.8 Å². The Bertz CT molecular complexity index is 453. The van der Waals surface area contributed by atoms with E-state index in [-0.39, 0.29) is 17.9 Å². The van der Waals surface area contributed by atoms with E-state index in [0.717, 1.165) is 11.3 Å². The second-order valence-corrected chi connectivity index (χ2v) is 5.50. The Balaban J connectivity index is 2.13. The zero-order valence-electron chi connectivity index (χ0n) is 11.6. The highest BCUT2D eigenvalue weighted by Gasteiger charge is 2.42. The van der Waals surface area contributed by atoms with Gasteiger partial charge in [-0.3, -0.25) is 4.79 Å². The van der Waals surface area contributed by atoms with E-state index >= 15 is 0 Å². The molecule has 1 aliphatic heterocycles. The van der Waals surface area contributed by atoms with Crippen molar-refractivity contribution in [1.29, 1.82) is 0 Å². The van der Waals surface area contributed by atoms with Crippen LogP contribution in [0.3, 0.4) is 0 Å². The molecule has 2 N–H and O–H groups in total. The van der Waals surface area contributed by atoms with E-state index < -0.39 is 5.60 Å². The summed E-state index contributed by atoms with van der Waals surface area (Å²) in [6.07, 6.45) is 0.999. The number of carbonyl (C=O) groups is 1. The zero-order chi connectivity index (χ0) is 14.0. The third kappa shape index (κ3) is 2.89. The van der Waals surface area contributed by atoms with Crippen LogP contribution in [0.25, 0.3) is 0 Å². The Morgan fingerprint density at radius 2 is 2.05 bits per heavy atom. The van der Waals surface area contributed by atoms with Crippen LogP contribution in [0, 0.1) is 5.92 Å². The van der Waals surface area contributed by atoms with Crippen LogP contribution in [-0.4, -0.2) is 29.8 Å². The summed E-state index contributed by atoms with van der Waals surface area (Å²) in [5, 5.41) is 13.4. The lowest BCUT2D eigenvalue weighted by atomic mass is 9.76. The zero-order valence-corrected chi connectivity index (χ0v) is 11.6. The molecule has 0 aromatic heterocycles. The summed E-state index contributed by atoms with van der Waals surface area (Å²) in [4.78, 5) is 11.6. The summed E-state index contributed by atoms with van der Waals surface area (Å²) in [5.41, 5.74) is 0.189. The minimum atomic E-state index is -0.881. The highest BCUT2D eigenvalue weighted by Crippen LogP contribution is 2.30. The van der Waals surface area contributed by atoms with Crippen molar-refractivity contribution in [1.82, 2.24) is 5.32 Å². The van der Waals surface area contributed by atoms with Crippen molar-refractivity contribution in [2.45, 2.75) is 38.3 Å². The van der Waals surface area contributed by atoms with Crippen molar-refractivity contribution < 1.29 is 14.6 Å². The number of methoxy groups -OCH3 is 1. The summed E-state index contributed by atoms with van der Waals surface area (Å²) in [6.45, 7) is 3.71. The average molecular weight is 263 g/mol. The molecule has 4 nitrogen and oxygen atoms in total. The fourth-order valence-electron chi connectivity index (χ4n) is 2.48. The molecule has 1 amide bonds. The first kappa shape index (κ1) is 13.9. The third-order valence-electron chi connectivity index (χ3n) is 4.13. The number of nitrogens with one attached hydrogen (secondary N) is 1. The van der Waals surface area contributed by atoms with E-state index in [1.54, 1.807) is 14.0 Å². The predicted octanol–water partition coefficient (Wildman–Crippen LogP) is 1.51. The first-order valence-electron chi connectivity index (χ1n) is 6.58. The SMILES string of the molecule is COc1ccc(CC2NC(=O)CC(C)C2(C)O)cc1. The second-order valence-electron chi connectivity index (χ2n) is 5.50. The van der Waals surface area contributed by atoms with Crippen molar-refractivity contribution in [2.75, 3.05) is 7.11 Å². The number of rotatable bonds is 3. The number of amides is 1. The van der Waals surface area contributed by atoms with Crippen LogP contribution in [0.1, 0.15) is 25.8 Å². The number of piperidine rings is 1. The van der Waals surface area contributed by atoms with Gasteiger partial charge in [0.15, 0.2) is 0 Å². The Morgan fingerprint density at radius 3 is 2.63 bits per heavy atom. The summed E-state index contributed by atoms with van der Waals surface area (Å²) in [6, 6.07) is 7.44. The molecular formula is C15H21NO3. The van der Waals surface area contributed by atoms with Crippen LogP contribution in [0.5, 0.6) is 5.75 Å². The fraction of sp³-hybridized carbons (Fsp3) is 0.533. The molecule has 1 aromatic carbocycles. The van der Waals surface area contributed by atoms with E-state index in [4.69, 9.17) is 4.74 Å². The van der Waals surface area contributed by atoms with Gasteiger partial charge >= 0.3 is 0 Å². The molecule has 3 unspecified atom stereocenters. The number of benzene rings is 1. The number of ether oxygens (including phenoxy) is 1. The van der Waals surface area contributed by atoms with Crippen LogP contribution < -0.4 is 10.1 Å². The highest BCUT2D eigenvalue weighted by atomic mass is 16.5. The quantitative estimate of drug-likeness (QED) is 0.869. The van der Waals surface area contributed by atoms with Gasteiger partial charge in [0.25, 0.3) is 0 Å². The van der Waals surface area contributed by atoms with E-state index in [1.807, 2.05) is 31.2 Å². The number of carbonyl (C=O) groups excluding carboxylic acids is 1. The monoisotopic (exact) mass is 263 g/mol. The van der Waals surface area contributed by atoms with Crippen LogP contribution in [0.2, 0.25) is 0 Å². The summed E-state index contributed by atoms with van der Waals surface area (Å²) in [5.74, 6) is 0.776. The molecule has 3 atom stereocenters. The molecule has 2 rings (SSSR count). The van der Waals surface area contributed by atoms with Crippen molar-refractivity contribution in [3.05, 3.63) is 29.8 Å². The lowest BCUT2D eigenvalue weighted by Gasteiger charge is -2.42. The van der Waals surface area contributed by atoms with Gasteiger partial charge in [-0.2, -0.15) is 0 Å². The van der Waals surface area contributed by atoms with Gasteiger partial charge < -0.3 is 15.2 Å². The first-order chi connectivity index (χ1) is 8.93. The average Bonchev–Trinajstić information content (AvgIpc) is 2.37. The van der Waals surface area contributed by atoms with Crippen LogP contribution >= 0.6 is 0 Å². The van der Waals surface area contributed by atoms with Crippen molar-refractivity contribution in [3.8, 4) is 5.75 Å². The highest BCUT2D eigenvalue weighted by molar-refractivity contribution is 5.78. The van der Waals surface area contributed by atoms with Crippen LogP contribution in [-0.2, 0) is 11.2 Å². The van der Waals surface area contributed by atoms with Gasteiger partial charge in [0.2, 0.25) is 5.91 Å². The fourth-order valence-corrected chi connectivity index (χ4v) is 2.48. The van der Waals surface area contributed by atoms with Gasteiger partial charge in [0.1, 0.15) is 5.75 Å². The van der Waals surface area contributed by atoms with Crippen LogP contribution in [0.4, 0.5) is 0 Å². The third-order valence-corrected chi connectivity index (χ3v) is 4.13. The lowest BCUT2D eigenvalue weighted by molar-refractivity contribution is -0.135. The van der Waals surface area contributed by atoms with Gasteiger partial charge in [0, 0.05) is 6.42 Å².